The highest BCUT2D eigenvalue weighted by Crippen LogP contribution is 2.09. The molecule has 0 saturated carbocycles. The molecule has 0 aliphatic rings. The molecule has 4 amide bonds. The molecule has 0 saturated heterocycles. The van der Waals surface area contributed by atoms with Gasteiger partial charge in [-0.25, -0.2) is 4.79 Å². The van der Waals surface area contributed by atoms with Crippen LogP contribution in [0.2, 0.25) is 0 Å². The van der Waals surface area contributed by atoms with Gasteiger partial charge in [-0.05, 0) is 17.9 Å². The van der Waals surface area contributed by atoms with E-state index in [0.717, 1.165) is 5.56 Å². The molecule has 0 fully saturated rings. The third-order valence-electron chi connectivity index (χ3n) is 4.81. The number of nitrogens with one attached hydrogen (secondary N) is 3. The fraction of sp³-hybridized carbons (Fsp3) is 0.500. The standard InChI is InChI=1S/C22H33N5O7/c1-12(2)8-15(20(31)27-17(22(33)34)10-18(24)29)26-21(32)16(25-19(30)14(23)11-28)9-13-6-4-3-5-7-13/h3-7,12,14-17,28H,8-11,23H2,1-2H3,(H2,24,29)(H,25,30)(H,26,32)(H,27,31)(H,33,34). The molecule has 12 heteroatoms. The number of aliphatic hydroxyl groups is 1. The molecule has 0 aliphatic carbocycles. The first-order valence-electron chi connectivity index (χ1n) is 10.8. The molecule has 0 bridgehead atoms. The highest BCUT2D eigenvalue weighted by molar-refractivity contribution is 5.95. The molecular weight excluding hydrogens is 446 g/mol. The van der Waals surface area contributed by atoms with Crippen LogP contribution in [0.1, 0.15) is 32.3 Å². The Bertz CT molecular complexity index is 862. The van der Waals surface area contributed by atoms with Gasteiger partial charge in [-0.3, -0.25) is 19.2 Å². The first kappa shape index (κ1) is 28.5. The largest absolute Gasteiger partial charge is 0.480 e. The van der Waals surface area contributed by atoms with Crippen LogP contribution in [0.25, 0.3) is 0 Å². The lowest BCUT2D eigenvalue weighted by Gasteiger charge is -2.26. The van der Waals surface area contributed by atoms with Crippen LogP contribution in [0.3, 0.4) is 0 Å². The molecule has 9 N–H and O–H groups in total. The second kappa shape index (κ2) is 13.9. The zero-order valence-electron chi connectivity index (χ0n) is 19.2. The number of primary amides is 1. The molecule has 12 nitrogen and oxygen atoms in total. The van der Waals surface area contributed by atoms with E-state index in [4.69, 9.17) is 16.6 Å². The maximum absolute atomic E-state index is 13.1. The van der Waals surface area contributed by atoms with E-state index < -0.39 is 66.8 Å². The first-order chi connectivity index (χ1) is 15.9. The minimum atomic E-state index is -1.56. The number of hydrogen-bond donors (Lipinski definition) is 7. The van der Waals surface area contributed by atoms with Gasteiger partial charge < -0.3 is 37.6 Å². The maximum Gasteiger partial charge on any atom is 0.326 e. The summed E-state index contributed by atoms with van der Waals surface area (Å²) in [6.07, 6.45) is -0.385. The fourth-order valence-corrected chi connectivity index (χ4v) is 3.07. The molecule has 34 heavy (non-hydrogen) atoms. The summed E-state index contributed by atoms with van der Waals surface area (Å²) in [5.41, 5.74) is 11.3. The topological polar surface area (TPSA) is 214 Å². The molecule has 0 aliphatic heterocycles. The van der Waals surface area contributed by atoms with Gasteiger partial charge in [0.05, 0.1) is 13.0 Å². The van der Waals surface area contributed by atoms with Crippen LogP contribution in [0.4, 0.5) is 0 Å². The van der Waals surface area contributed by atoms with Crippen LogP contribution < -0.4 is 27.4 Å². The van der Waals surface area contributed by atoms with Crippen LogP contribution in [-0.2, 0) is 30.4 Å². The molecule has 188 valence electrons. The van der Waals surface area contributed by atoms with Gasteiger partial charge in [-0.2, -0.15) is 0 Å². The van der Waals surface area contributed by atoms with E-state index in [0.29, 0.717) is 0 Å². The van der Waals surface area contributed by atoms with Crippen LogP contribution in [0, 0.1) is 5.92 Å². The Morgan fingerprint density at radius 1 is 0.882 bits per heavy atom. The highest BCUT2D eigenvalue weighted by atomic mass is 16.4. The summed E-state index contributed by atoms with van der Waals surface area (Å²) in [5.74, 6) is -4.70. The lowest BCUT2D eigenvalue weighted by molar-refractivity contribution is -0.144. The maximum atomic E-state index is 13.1. The van der Waals surface area contributed by atoms with Gasteiger partial charge in [-0.15, -0.1) is 0 Å². The number of aliphatic carboxylic acids is 1. The number of nitrogens with two attached hydrogens (primary N) is 2. The van der Waals surface area contributed by atoms with Gasteiger partial charge in [0.15, 0.2) is 0 Å². The van der Waals surface area contributed by atoms with Gasteiger partial charge in [-0.1, -0.05) is 44.2 Å². The van der Waals surface area contributed by atoms with Crippen molar-refractivity contribution in [3.63, 3.8) is 0 Å². The van der Waals surface area contributed by atoms with E-state index in [1.165, 1.54) is 0 Å². The summed E-state index contributed by atoms with van der Waals surface area (Å²) in [5, 5.41) is 25.6. The summed E-state index contributed by atoms with van der Waals surface area (Å²) in [6.45, 7) is 2.97. The number of hydrogen-bond acceptors (Lipinski definition) is 7. The molecule has 1 aromatic rings. The van der Waals surface area contributed by atoms with Crippen molar-refractivity contribution in [3.05, 3.63) is 35.9 Å². The number of carbonyl (C=O) groups excluding carboxylic acids is 4. The monoisotopic (exact) mass is 479 g/mol. The van der Waals surface area contributed by atoms with Crippen molar-refractivity contribution in [2.75, 3.05) is 6.61 Å². The average Bonchev–Trinajstić information content (AvgIpc) is 2.76. The van der Waals surface area contributed by atoms with Crippen LogP contribution in [0.15, 0.2) is 30.3 Å². The Balaban J connectivity index is 3.08. The quantitative estimate of drug-likeness (QED) is 0.158. The molecule has 4 atom stereocenters. The number of benzene rings is 1. The highest BCUT2D eigenvalue weighted by Gasteiger charge is 2.31. The van der Waals surface area contributed by atoms with E-state index in [2.05, 4.69) is 16.0 Å². The zero-order valence-corrected chi connectivity index (χ0v) is 19.2. The predicted octanol–water partition coefficient (Wildman–Crippen LogP) is -1.99. The van der Waals surface area contributed by atoms with Crippen molar-refractivity contribution in [3.8, 4) is 0 Å². The number of amides is 4. The predicted molar refractivity (Wildman–Crippen MR) is 122 cm³/mol. The van der Waals surface area contributed by atoms with Crippen molar-refractivity contribution in [2.45, 2.75) is 57.3 Å². The molecular formula is C22H33N5O7. The van der Waals surface area contributed by atoms with Crippen molar-refractivity contribution < 1.29 is 34.2 Å². The van der Waals surface area contributed by atoms with Crippen molar-refractivity contribution in [1.82, 2.24) is 16.0 Å². The van der Waals surface area contributed by atoms with Gasteiger partial charge in [0.25, 0.3) is 0 Å². The van der Waals surface area contributed by atoms with Crippen LogP contribution in [-0.4, -0.2) is 70.6 Å². The van der Waals surface area contributed by atoms with Crippen LogP contribution >= 0.6 is 0 Å². The zero-order chi connectivity index (χ0) is 25.8. The Morgan fingerprint density at radius 3 is 1.91 bits per heavy atom. The molecule has 1 aromatic carbocycles. The molecule has 0 aromatic heterocycles. The summed E-state index contributed by atoms with van der Waals surface area (Å²) in [7, 11) is 0. The van der Waals surface area contributed by atoms with Crippen molar-refractivity contribution in [1.29, 1.82) is 0 Å². The molecule has 0 spiro atoms. The van der Waals surface area contributed by atoms with Gasteiger partial charge in [0.1, 0.15) is 24.2 Å². The number of carbonyl (C=O) groups is 5. The molecule has 0 radical (unpaired) electrons. The SMILES string of the molecule is CC(C)CC(NC(=O)C(Cc1ccccc1)NC(=O)C(N)CO)C(=O)NC(CC(N)=O)C(=O)O. The summed E-state index contributed by atoms with van der Waals surface area (Å²) in [4.78, 5) is 60.6. The molecule has 0 heterocycles. The normalized spacial score (nSPS) is 14.4. The van der Waals surface area contributed by atoms with E-state index in [1.54, 1.807) is 44.2 Å². The summed E-state index contributed by atoms with van der Waals surface area (Å²) in [6, 6.07) is 3.71. The third kappa shape index (κ3) is 9.96. The first-order valence-corrected chi connectivity index (χ1v) is 10.8. The van der Waals surface area contributed by atoms with Gasteiger partial charge in [0.2, 0.25) is 23.6 Å². The van der Waals surface area contributed by atoms with Gasteiger partial charge in [0, 0.05) is 6.42 Å². The van der Waals surface area contributed by atoms with Crippen molar-refractivity contribution >= 4 is 29.6 Å². The van der Waals surface area contributed by atoms with E-state index in [1.807, 2.05) is 0 Å². The van der Waals surface area contributed by atoms with E-state index >= 15 is 0 Å². The third-order valence-corrected chi connectivity index (χ3v) is 4.81. The summed E-state index contributed by atoms with van der Waals surface area (Å²) < 4.78 is 0. The average molecular weight is 480 g/mol. The number of aliphatic hydroxyl groups excluding tert-OH is 1. The van der Waals surface area contributed by atoms with Gasteiger partial charge >= 0.3 is 5.97 Å². The number of carboxylic acid groups (broad SMARTS) is 1. The second-order valence-electron chi connectivity index (χ2n) is 8.30. The molecule has 1 rings (SSSR count). The second-order valence-corrected chi connectivity index (χ2v) is 8.30. The van der Waals surface area contributed by atoms with Crippen LogP contribution in [0.5, 0.6) is 0 Å². The minimum Gasteiger partial charge on any atom is -0.480 e. The Labute approximate surface area is 197 Å². The number of rotatable bonds is 14. The Kier molecular flexibility index (Phi) is 11.7. The lowest BCUT2D eigenvalue weighted by Crippen LogP contribution is -2.58. The molecule has 4 unspecified atom stereocenters. The fourth-order valence-electron chi connectivity index (χ4n) is 3.07. The smallest absolute Gasteiger partial charge is 0.326 e. The van der Waals surface area contributed by atoms with E-state index in [-0.39, 0.29) is 18.8 Å². The van der Waals surface area contributed by atoms with E-state index in [9.17, 15) is 29.1 Å². The minimum absolute atomic E-state index is 0.0690. The Morgan fingerprint density at radius 2 is 1.41 bits per heavy atom. The lowest BCUT2D eigenvalue weighted by atomic mass is 10.0. The summed E-state index contributed by atoms with van der Waals surface area (Å²) >= 11 is 0. The Hall–Kier alpha value is -3.51. The van der Waals surface area contributed by atoms with Crippen molar-refractivity contribution in [2.24, 2.45) is 17.4 Å². The number of carboxylic acids is 1.